The van der Waals surface area contributed by atoms with Crippen molar-refractivity contribution in [2.75, 3.05) is 19.0 Å². The van der Waals surface area contributed by atoms with Crippen LogP contribution in [0.2, 0.25) is 0 Å². The van der Waals surface area contributed by atoms with Crippen LogP contribution in [-0.4, -0.2) is 36.1 Å². The van der Waals surface area contributed by atoms with Crippen molar-refractivity contribution < 1.29 is 23.0 Å². The number of benzene rings is 2. The number of aliphatic imine (C=N–C) groups is 1. The van der Waals surface area contributed by atoms with Gasteiger partial charge in [-0.25, -0.2) is 0 Å². The van der Waals surface area contributed by atoms with Gasteiger partial charge in [0.25, 0.3) is 0 Å². The zero-order valence-electron chi connectivity index (χ0n) is 16.0. The number of alkyl halides is 3. The van der Waals surface area contributed by atoms with Crippen LogP contribution in [0, 0.1) is 0 Å². The number of aromatic amines is 1. The summed E-state index contributed by atoms with van der Waals surface area (Å²) in [5.74, 6) is -0.0883. The molecule has 0 fully saturated rings. The molecule has 154 valence electrons. The Balaban J connectivity index is 1.94. The van der Waals surface area contributed by atoms with Gasteiger partial charge in [-0.1, -0.05) is 25.1 Å². The summed E-state index contributed by atoms with van der Waals surface area (Å²) in [5, 5.41) is 13.7. The first-order chi connectivity index (χ1) is 13.8. The molecule has 0 spiro atoms. The van der Waals surface area contributed by atoms with E-state index in [0.29, 0.717) is 24.1 Å². The molecule has 0 radical (unpaired) electrons. The number of halogens is 3. The fraction of sp³-hybridized carbons (Fsp3) is 0.286. The van der Waals surface area contributed by atoms with E-state index in [4.69, 9.17) is 4.74 Å². The van der Waals surface area contributed by atoms with Gasteiger partial charge in [0, 0.05) is 36.0 Å². The molecule has 1 heterocycles. The Kier molecular flexibility index (Phi) is 6.12. The third-order valence-corrected chi connectivity index (χ3v) is 4.60. The molecule has 0 bridgehead atoms. The lowest BCUT2D eigenvalue weighted by molar-refractivity contribution is -0.136. The maximum Gasteiger partial charge on any atom is 0.418 e. The minimum absolute atomic E-state index is 0.0182. The van der Waals surface area contributed by atoms with Crippen LogP contribution in [0.4, 0.5) is 24.5 Å². The van der Waals surface area contributed by atoms with E-state index in [2.05, 4.69) is 15.3 Å². The van der Waals surface area contributed by atoms with E-state index in [1.807, 2.05) is 13.0 Å². The molecule has 0 saturated carbocycles. The standard InChI is InChI=1S/C21H22F3N3O2/c1-3-13(12-29-2)26-19-9-8-14(10-17(19)21(22,23)24)25-11-16-15-6-4-5-7-18(15)27-20(16)28/h4-11,13,26-28H,3,12H2,1-2H3. The van der Waals surface area contributed by atoms with Gasteiger partial charge < -0.3 is 20.1 Å². The molecule has 1 aromatic heterocycles. The van der Waals surface area contributed by atoms with Crippen LogP contribution >= 0.6 is 0 Å². The van der Waals surface area contributed by atoms with Crippen molar-refractivity contribution in [2.45, 2.75) is 25.6 Å². The molecular formula is C21H22F3N3O2. The molecule has 0 aliphatic rings. The Hall–Kier alpha value is -3.00. The number of fused-ring (bicyclic) bond motifs is 1. The molecule has 1 unspecified atom stereocenters. The van der Waals surface area contributed by atoms with Gasteiger partial charge in [0.2, 0.25) is 0 Å². The molecule has 0 aliphatic heterocycles. The van der Waals surface area contributed by atoms with Crippen LogP contribution in [-0.2, 0) is 10.9 Å². The average Bonchev–Trinajstić information content (AvgIpc) is 3.01. The Bertz CT molecular complexity index is 1010. The van der Waals surface area contributed by atoms with Crippen molar-refractivity contribution in [1.29, 1.82) is 0 Å². The van der Waals surface area contributed by atoms with Crippen molar-refractivity contribution in [1.82, 2.24) is 4.98 Å². The van der Waals surface area contributed by atoms with Gasteiger partial charge in [-0.15, -0.1) is 0 Å². The molecule has 8 heteroatoms. The predicted octanol–water partition coefficient (Wildman–Crippen LogP) is 5.48. The summed E-state index contributed by atoms with van der Waals surface area (Å²) in [6, 6.07) is 10.8. The van der Waals surface area contributed by atoms with E-state index in [9.17, 15) is 18.3 Å². The molecule has 0 aliphatic carbocycles. The van der Waals surface area contributed by atoms with Crippen LogP contribution in [0.15, 0.2) is 47.5 Å². The van der Waals surface area contributed by atoms with E-state index < -0.39 is 11.7 Å². The molecule has 5 nitrogen and oxygen atoms in total. The number of rotatable bonds is 7. The van der Waals surface area contributed by atoms with E-state index >= 15 is 0 Å². The molecule has 3 rings (SSSR count). The highest BCUT2D eigenvalue weighted by Gasteiger charge is 2.34. The summed E-state index contributed by atoms with van der Waals surface area (Å²) in [7, 11) is 1.51. The van der Waals surface area contributed by atoms with Crippen LogP contribution in [0.5, 0.6) is 5.88 Å². The van der Waals surface area contributed by atoms with Gasteiger partial charge in [0.1, 0.15) is 0 Å². The monoisotopic (exact) mass is 405 g/mol. The van der Waals surface area contributed by atoms with Crippen molar-refractivity contribution in [2.24, 2.45) is 4.99 Å². The molecule has 2 aromatic carbocycles. The molecule has 3 N–H and O–H groups in total. The van der Waals surface area contributed by atoms with E-state index in [1.54, 1.807) is 18.2 Å². The Labute approximate surface area is 166 Å². The van der Waals surface area contributed by atoms with E-state index in [-0.39, 0.29) is 23.3 Å². The summed E-state index contributed by atoms with van der Waals surface area (Å²) >= 11 is 0. The van der Waals surface area contributed by atoms with Crippen LogP contribution in [0.25, 0.3) is 10.9 Å². The quantitative estimate of drug-likeness (QED) is 0.456. The number of methoxy groups -OCH3 is 1. The minimum Gasteiger partial charge on any atom is -0.494 e. The van der Waals surface area contributed by atoms with Crippen LogP contribution < -0.4 is 5.32 Å². The van der Waals surface area contributed by atoms with Crippen molar-refractivity contribution in [3.05, 3.63) is 53.6 Å². The smallest absolute Gasteiger partial charge is 0.418 e. The number of ether oxygens (including phenoxy) is 1. The highest BCUT2D eigenvalue weighted by atomic mass is 19.4. The lowest BCUT2D eigenvalue weighted by Crippen LogP contribution is -2.25. The van der Waals surface area contributed by atoms with Crippen molar-refractivity contribution >= 4 is 28.5 Å². The fourth-order valence-electron chi connectivity index (χ4n) is 3.07. The first kappa shape index (κ1) is 20.7. The second-order valence-electron chi connectivity index (χ2n) is 6.62. The number of para-hydroxylation sites is 1. The summed E-state index contributed by atoms with van der Waals surface area (Å²) in [6.07, 6.45) is -2.57. The van der Waals surface area contributed by atoms with Gasteiger partial charge in [0.15, 0.2) is 5.88 Å². The second-order valence-corrected chi connectivity index (χ2v) is 6.62. The lowest BCUT2D eigenvalue weighted by Gasteiger charge is -2.21. The second kappa shape index (κ2) is 8.57. The van der Waals surface area contributed by atoms with Crippen molar-refractivity contribution in [3.8, 4) is 5.88 Å². The minimum atomic E-state index is -4.54. The largest absolute Gasteiger partial charge is 0.494 e. The molecule has 1 atom stereocenters. The number of hydrogen-bond acceptors (Lipinski definition) is 4. The number of nitrogens with zero attached hydrogens (tertiary/aromatic N) is 1. The number of anilines is 1. The Morgan fingerprint density at radius 3 is 2.69 bits per heavy atom. The Morgan fingerprint density at radius 1 is 1.24 bits per heavy atom. The highest BCUT2D eigenvalue weighted by Crippen LogP contribution is 2.38. The maximum absolute atomic E-state index is 13.6. The molecular weight excluding hydrogens is 383 g/mol. The molecule has 3 aromatic rings. The lowest BCUT2D eigenvalue weighted by atomic mass is 10.1. The zero-order chi connectivity index (χ0) is 21.0. The SMILES string of the molecule is CCC(COC)Nc1ccc(N=Cc2c(O)[nH]c3ccccc23)cc1C(F)(F)F. The number of hydrogen-bond donors (Lipinski definition) is 3. The molecule has 0 saturated heterocycles. The topological polar surface area (TPSA) is 69.6 Å². The maximum atomic E-state index is 13.6. The van der Waals surface area contributed by atoms with E-state index in [1.165, 1.54) is 25.5 Å². The number of aromatic hydroxyl groups is 1. The normalized spacial score (nSPS) is 13.3. The summed E-state index contributed by atoms with van der Waals surface area (Å²) in [6.45, 7) is 2.17. The van der Waals surface area contributed by atoms with Gasteiger partial charge in [-0.05, 0) is 30.7 Å². The fourth-order valence-corrected chi connectivity index (χ4v) is 3.07. The first-order valence-corrected chi connectivity index (χ1v) is 9.14. The molecule has 0 amide bonds. The third kappa shape index (κ3) is 4.71. The summed E-state index contributed by atoms with van der Waals surface area (Å²) < 4.78 is 45.8. The van der Waals surface area contributed by atoms with E-state index in [0.717, 1.165) is 11.5 Å². The van der Waals surface area contributed by atoms with Crippen molar-refractivity contribution in [3.63, 3.8) is 0 Å². The van der Waals surface area contributed by atoms with Crippen LogP contribution in [0.3, 0.4) is 0 Å². The van der Waals surface area contributed by atoms with Gasteiger partial charge in [-0.3, -0.25) is 4.99 Å². The Morgan fingerprint density at radius 2 is 2.00 bits per heavy atom. The number of H-pyrrole nitrogens is 1. The third-order valence-electron chi connectivity index (χ3n) is 4.60. The average molecular weight is 405 g/mol. The van der Waals surface area contributed by atoms with Gasteiger partial charge >= 0.3 is 6.18 Å². The summed E-state index contributed by atoms with van der Waals surface area (Å²) in [5.41, 5.74) is 0.445. The van der Waals surface area contributed by atoms with Gasteiger partial charge in [-0.2, -0.15) is 13.2 Å². The number of aromatic nitrogens is 1. The van der Waals surface area contributed by atoms with Crippen LogP contribution in [0.1, 0.15) is 24.5 Å². The highest BCUT2D eigenvalue weighted by molar-refractivity contribution is 6.02. The zero-order valence-corrected chi connectivity index (χ0v) is 16.0. The number of nitrogens with one attached hydrogen (secondary N) is 2. The molecule has 29 heavy (non-hydrogen) atoms. The summed E-state index contributed by atoms with van der Waals surface area (Å²) in [4.78, 5) is 6.96. The first-order valence-electron chi connectivity index (χ1n) is 9.14. The predicted molar refractivity (Wildman–Crippen MR) is 108 cm³/mol. The van der Waals surface area contributed by atoms with Gasteiger partial charge in [0.05, 0.1) is 23.4 Å².